The number of halogens is 2. The molecule has 1 heterocycles. The van der Waals surface area contributed by atoms with E-state index in [2.05, 4.69) is 21.6 Å². The Kier molecular flexibility index (Phi) is 6.39. The van der Waals surface area contributed by atoms with Gasteiger partial charge in [-0.15, -0.1) is 5.10 Å². The van der Waals surface area contributed by atoms with E-state index < -0.39 is 0 Å². The van der Waals surface area contributed by atoms with E-state index in [0.29, 0.717) is 34.6 Å². The molecule has 4 aromatic rings. The van der Waals surface area contributed by atoms with E-state index in [9.17, 15) is 0 Å². The fourth-order valence-corrected chi connectivity index (χ4v) is 3.57. The molecule has 4 rings (SSSR count). The van der Waals surface area contributed by atoms with Crippen molar-refractivity contribution in [3.05, 3.63) is 87.9 Å². The highest BCUT2D eigenvalue weighted by atomic mass is 35.5. The molecular formula is C23H21Cl2N5O. The average molecular weight is 454 g/mol. The Balaban J connectivity index is 1.67. The SMILES string of the molecule is CN(C)c1ccc(OCc2ccccc2)c(Cn2nnnc2-c2cccc(Cl)c2Cl)c1. The van der Waals surface area contributed by atoms with Crippen LogP contribution in [0.1, 0.15) is 11.1 Å². The largest absolute Gasteiger partial charge is 0.489 e. The summed E-state index contributed by atoms with van der Waals surface area (Å²) in [6, 6.07) is 21.5. The number of benzene rings is 3. The third kappa shape index (κ3) is 4.81. The van der Waals surface area contributed by atoms with Gasteiger partial charge in [-0.2, -0.15) is 0 Å². The molecule has 8 heteroatoms. The first-order valence-electron chi connectivity index (χ1n) is 9.70. The standard InChI is InChI=1S/C23H21Cl2N5O/c1-29(2)18-11-12-21(31-15-16-7-4-3-5-8-16)17(13-18)14-30-23(26-27-28-30)19-9-6-10-20(24)22(19)25/h3-13H,14-15H2,1-2H3. The molecule has 0 amide bonds. The van der Waals surface area contributed by atoms with Crippen molar-refractivity contribution in [2.45, 2.75) is 13.2 Å². The number of aromatic nitrogens is 4. The zero-order valence-corrected chi connectivity index (χ0v) is 18.7. The Hall–Kier alpha value is -3.09. The van der Waals surface area contributed by atoms with Gasteiger partial charge in [-0.3, -0.25) is 0 Å². The van der Waals surface area contributed by atoms with Crippen molar-refractivity contribution < 1.29 is 4.74 Å². The minimum absolute atomic E-state index is 0.414. The van der Waals surface area contributed by atoms with Gasteiger partial charge in [0, 0.05) is 30.9 Å². The molecular weight excluding hydrogens is 433 g/mol. The van der Waals surface area contributed by atoms with Gasteiger partial charge in [0.25, 0.3) is 0 Å². The number of tetrazole rings is 1. The monoisotopic (exact) mass is 453 g/mol. The third-order valence-corrected chi connectivity index (χ3v) is 5.66. The first-order chi connectivity index (χ1) is 15.0. The fourth-order valence-electron chi connectivity index (χ4n) is 3.19. The lowest BCUT2D eigenvalue weighted by Gasteiger charge is -2.18. The summed E-state index contributed by atoms with van der Waals surface area (Å²) in [6.07, 6.45) is 0. The summed E-state index contributed by atoms with van der Waals surface area (Å²) in [7, 11) is 4.00. The van der Waals surface area contributed by atoms with Crippen molar-refractivity contribution >= 4 is 28.9 Å². The topological polar surface area (TPSA) is 56.1 Å². The second kappa shape index (κ2) is 9.37. The van der Waals surface area contributed by atoms with Crippen LogP contribution in [0.15, 0.2) is 66.7 Å². The molecule has 0 aliphatic heterocycles. The Labute approximate surface area is 191 Å². The molecule has 0 radical (unpaired) electrons. The molecule has 0 atom stereocenters. The van der Waals surface area contributed by atoms with Crippen LogP contribution in [0.5, 0.6) is 5.75 Å². The Morgan fingerprint density at radius 1 is 0.968 bits per heavy atom. The third-order valence-electron chi connectivity index (χ3n) is 4.84. The maximum atomic E-state index is 6.40. The van der Waals surface area contributed by atoms with Gasteiger partial charge in [0.15, 0.2) is 5.82 Å². The predicted molar refractivity (Wildman–Crippen MR) is 124 cm³/mol. The molecule has 6 nitrogen and oxygen atoms in total. The molecule has 0 aliphatic carbocycles. The van der Waals surface area contributed by atoms with Crippen molar-refractivity contribution in [3.63, 3.8) is 0 Å². The van der Waals surface area contributed by atoms with Gasteiger partial charge in [0.05, 0.1) is 16.6 Å². The summed E-state index contributed by atoms with van der Waals surface area (Å²) in [5.41, 5.74) is 3.78. The first-order valence-corrected chi connectivity index (χ1v) is 10.5. The molecule has 0 saturated heterocycles. The van der Waals surface area contributed by atoms with Crippen molar-refractivity contribution in [2.24, 2.45) is 0 Å². The van der Waals surface area contributed by atoms with E-state index >= 15 is 0 Å². The van der Waals surface area contributed by atoms with Crippen molar-refractivity contribution in [3.8, 4) is 17.1 Å². The maximum Gasteiger partial charge on any atom is 0.183 e. The highest BCUT2D eigenvalue weighted by Gasteiger charge is 2.17. The van der Waals surface area contributed by atoms with Gasteiger partial charge >= 0.3 is 0 Å². The Bertz CT molecular complexity index is 1180. The predicted octanol–water partition coefficient (Wildman–Crippen LogP) is 5.34. The highest BCUT2D eigenvalue weighted by Crippen LogP contribution is 2.33. The van der Waals surface area contributed by atoms with Crippen molar-refractivity contribution in [2.75, 3.05) is 19.0 Å². The molecule has 0 unspecified atom stereocenters. The number of hydrogen-bond donors (Lipinski definition) is 0. The van der Waals surface area contributed by atoms with E-state index in [0.717, 1.165) is 22.6 Å². The molecule has 0 bridgehead atoms. The number of nitrogens with zero attached hydrogens (tertiary/aromatic N) is 5. The number of hydrogen-bond acceptors (Lipinski definition) is 5. The number of ether oxygens (including phenoxy) is 1. The van der Waals surface area contributed by atoms with Crippen molar-refractivity contribution in [1.82, 2.24) is 20.2 Å². The minimum atomic E-state index is 0.414. The smallest absolute Gasteiger partial charge is 0.183 e. The van der Waals surface area contributed by atoms with Crippen molar-refractivity contribution in [1.29, 1.82) is 0 Å². The van der Waals surface area contributed by atoms with Crippen LogP contribution in [0.25, 0.3) is 11.4 Å². The van der Waals surface area contributed by atoms with Gasteiger partial charge in [-0.05, 0) is 46.3 Å². The lowest BCUT2D eigenvalue weighted by Crippen LogP contribution is -2.11. The van der Waals surface area contributed by atoms with Crippen LogP contribution in [0.4, 0.5) is 5.69 Å². The van der Waals surface area contributed by atoms with Crippen LogP contribution >= 0.6 is 23.2 Å². The lowest BCUT2D eigenvalue weighted by atomic mass is 10.1. The molecule has 0 saturated carbocycles. The van der Waals surface area contributed by atoms with Gasteiger partial charge < -0.3 is 9.64 Å². The van der Waals surface area contributed by atoms with Crippen LogP contribution in [0, 0.1) is 0 Å². The summed E-state index contributed by atoms with van der Waals surface area (Å²) in [4.78, 5) is 2.04. The second-order valence-corrected chi connectivity index (χ2v) is 8.01. The van der Waals surface area contributed by atoms with E-state index in [-0.39, 0.29) is 0 Å². The summed E-state index contributed by atoms with van der Waals surface area (Å²) in [5.74, 6) is 1.31. The Morgan fingerprint density at radius 2 is 1.77 bits per heavy atom. The van der Waals surface area contributed by atoms with Gasteiger partial charge in [-0.1, -0.05) is 59.6 Å². The average Bonchev–Trinajstić information content (AvgIpc) is 3.23. The highest BCUT2D eigenvalue weighted by molar-refractivity contribution is 6.43. The Morgan fingerprint density at radius 3 is 2.55 bits per heavy atom. The first kappa shape index (κ1) is 21.2. The van der Waals surface area contributed by atoms with E-state index in [1.165, 1.54) is 0 Å². The number of anilines is 1. The summed E-state index contributed by atoms with van der Waals surface area (Å²) >= 11 is 12.6. The molecule has 1 aromatic heterocycles. The maximum absolute atomic E-state index is 6.40. The molecule has 3 aromatic carbocycles. The lowest BCUT2D eigenvalue weighted by molar-refractivity contribution is 0.302. The second-order valence-electron chi connectivity index (χ2n) is 7.22. The van der Waals surface area contributed by atoms with Gasteiger partial charge in [-0.25, -0.2) is 4.68 Å². The molecule has 0 aliphatic rings. The molecule has 0 spiro atoms. The minimum Gasteiger partial charge on any atom is -0.489 e. The number of rotatable bonds is 7. The van der Waals surface area contributed by atoms with Crippen LogP contribution in [-0.2, 0) is 13.2 Å². The summed E-state index contributed by atoms with van der Waals surface area (Å²) < 4.78 is 7.84. The van der Waals surface area contributed by atoms with E-state index in [1.807, 2.05) is 73.6 Å². The van der Waals surface area contributed by atoms with E-state index in [4.69, 9.17) is 27.9 Å². The van der Waals surface area contributed by atoms with E-state index in [1.54, 1.807) is 10.7 Å². The molecule has 0 N–H and O–H groups in total. The molecule has 158 valence electrons. The summed E-state index contributed by atoms with van der Waals surface area (Å²) in [5, 5.41) is 13.1. The molecule has 31 heavy (non-hydrogen) atoms. The quantitative estimate of drug-likeness (QED) is 0.377. The fraction of sp³-hybridized carbons (Fsp3) is 0.174. The van der Waals surface area contributed by atoms with Crippen LogP contribution in [0.3, 0.4) is 0 Å². The normalized spacial score (nSPS) is 10.8. The van der Waals surface area contributed by atoms with Crippen LogP contribution in [0.2, 0.25) is 10.0 Å². The van der Waals surface area contributed by atoms with Crippen LogP contribution < -0.4 is 9.64 Å². The zero-order valence-electron chi connectivity index (χ0n) is 17.2. The summed E-state index contributed by atoms with van der Waals surface area (Å²) in [6.45, 7) is 0.884. The van der Waals surface area contributed by atoms with Gasteiger partial charge in [0.2, 0.25) is 0 Å². The van der Waals surface area contributed by atoms with Crippen LogP contribution in [-0.4, -0.2) is 34.3 Å². The zero-order chi connectivity index (χ0) is 21.8. The van der Waals surface area contributed by atoms with Gasteiger partial charge in [0.1, 0.15) is 12.4 Å². The molecule has 0 fully saturated rings.